The van der Waals surface area contributed by atoms with Gasteiger partial charge in [-0.15, -0.1) is 0 Å². The van der Waals surface area contributed by atoms with E-state index in [0.717, 1.165) is 0 Å². The first kappa shape index (κ1) is 17.6. The zero-order chi connectivity index (χ0) is 16.0. The molecule has 0 spiro atoms. The predicted molar refractivity (Wildman–Crippen MR) is 80.7 cm³/mol. The SMILES string of the molecule is COCC(C)NC(=O)c1cccc(S(=O)(=O)NC(C)C)c1. The normalized spacial score (nSPS) is 13.2. The molecule has 0 bridgehead atoms. The first-order chi connectivity index (χ1) is 9.76. The molecule has 1 aromatic carbocycles. The Kier molecular flexibility index (Phi) is 6.32. The van der Waals surface area contributed by atoms with E-state index in [1.54, 1.807) is 33.1 Å². The van der Waals surface area contributed by atoms with Gasteiger partial charge < -0.3 is 10.1 Å². The quantitative estimate of drug-likeness (QED) is 0.790. The number of carbonyl (C=O) groups excluding carboxylic acids is 1. The maximum Gasteiger partial charge on any atom is 0.251 e. The molecule has 1 aromatic rings. The second-order valence-corrected chi connectivity index (χ2v) is 6.85. The van der Waals surface area contributed by atoms with Crippen LogP contribution >= 0.6 is 0 Å². The minimum absolute atomic E-state index is 0.0724. The van der Waals surface area contributed by atoms with Gasteiger partial charge in [-0.3, -0.25) is 4.79 Å². The number of ether oxygens (including phenoxy) is 1. The monoisotopic (exact) mass is 314 g/mol. The van der Waals surface area contributed by atoms with Crippen LogP contribution in [0.3, 0.4) is 0 Å². The van der Waals surface area contributed by atoms with Crippen LogP contribution in [0.25, 0.3) is 0 Å². The van der Waals surface area contributed by atoms with Crippen molar-refractivity contribution < 1.29 is 17.9 Å². The van der Waals surface area contributed by atoms with Crippen molar-refractivity contribution in [1.82, 2.24) is 10.0 Å². The van der Waals surface area contributed by atoms with E-state index in [4.69, 9.17) is 4.74 Å². The van der Waals surface area contributed by atoms with Gasteiger partial charge in [-0.25, -0.2) is 13.1 Å². The second kappa shape index (κ2) is 7.53. The van der Waals surface area contributed by atoms with Crippen LogP contribution in [0.4, 0.5) is 0 Å². The lowest BCUT2D eigenvalue weighted by molar-refractivity contribution is 0.0905. The highest BCUT2D eigenvalue weighted by Gasteiger charge is 2.17. The topological polar surface area (TPSA) is 84.5 Å². The molecule has 118 valence electrons. The van der Waals surface area contributed by atoms with Gasteiger partial charge in [0, 0.05) is 24.8 Å². The Morgan fingerprint density at radius 2 is 1.95 bits per heavy atom. The Morgan fingerprint density at radius 1 is 1.29 bits per heavy atom. The zero-order valence-corrected chi connectivity index (χ0v) is 13.5. The van der Waals surface area contributed by atoms with E-state index in [-0.39, 0.29) is 22.9 Å². The molecule has 1 rings (SSSR count). The number of carbonyl (C=O) groups is 1. The summed E-state index contributed by atoms with van der Waals surface area (Å²) in [5.74, 6) is -0.332. The number of benzene rings is 1. The molecule has 2 N–H and O–H groups in total. The molecule has 0 fully saturated rings. The number of sulfonamides is 1. The first-order valence-corrected chi connectivity index (χ1v) is 8.16. The van der Waals surface area contributed by atoms with Crippen LogP contribution in [0.1, 0.15) is 31.1 Å². The van der Waals surface area contributed by atoms with E-state index >= 15 is 0 Å². The van der Waals surface area contributed by atoms with E-state index in [0.29, 0.717) is 12.2 Å². The molecule has 0 aromatic heterocycles. The van der Waals surface area contributed by atoms with Crippen LogP contribution < -0.4 is 10.0 Å². The number of nitrogens with one attached hydrogen (secondary N) is 2. The summed E-state index contributed by atoms with van der Waals surface area (Å²) >= 11 is 0. The number of methoxy groups -OCH3 is 1. The highest BCUT2D eigenvalue weighted by atomic mass is 32.2. The van der Waals surface area contributed by atoms with Crippen LogP contribution in [-0.2, 0) is 14.8 Å². The second-order valence-electron chi connectivity index (χ2n) is 5.13. The molecule has 1 amide bonds. The standard InChI is InChI=1S/C14H22N2O4S/c1-10(2)16-21(18,19)13-7-5-6-12(8-13)14(17)15-11(3)9-20-4/h5-8,10-11,16H,9H2,1-4H3,(H,15,17). The molecule has 0 aliphatic heterocycles. The summed E-state index contributed by atoms with van der Waals surface area (Å²) < 4.78 is 31.6. The summed E-state index contributed by atoms with van der Waals surface area (Å²) in [5, 5.41) is 2.74. The van der Waals surface area contributed by atoms with Crippen LogP contribution in [-0.4, -0.2) is 40.1 Å². The van der Waals surface area contributed by atoms with Crippen molar-refractivity contribution in [3.8, 4) is 0 Å². The van der Waals surface area contributed by atoms with Gasteiger partial charge >= 0.3 is 0 Å². The number of hydrogen-bond acceptors (Lipinski definition) is 4. The zero-order valence-electron chi connectivity index (χ0n) is 12.7. The lowest BCUT2D eigenvalue weighted by Gasteiger charge is -2.14. The average Bonchev–Trinajstić information content (AvgIpc) is 2.37. The fraction of sp³-hybridized carbons (Fsp3) is 0.500. The fourth-order valence-electron chi connectivity index (χ4n) is 1.78. The third-order valence-electron chi connectivity index (χ3n) is 2.59. The minimum Gasteiger partial charge on any atom is -0.383 e. The maximum atomic E-state index is 12.1. The van der Waals surface area contributed by atoms with Crippen molar-refractivity contribution in [2.24, 2.45) is 0 Å². The molecule has 0 heterocycles. The molecule has 21 heavy (non-hydrogen) atoms. The minimum atomic E-state index is -3.61. The van der Waals surface area contributed by atoms with Gasteiger partial charge in [0.05, 0.1) is 11.5 Å². The van der Waals surface area contributed by atoms with Crippen LogP contribution in [0.5, 0.6) is 0 Å². The molecule has 0 aliphatic carbocycles. The molecule has 0 aliphatic rings. The average molecular weight is 314 g/mol. The fourth-order valence-corrected chi connectivity index (χ4v) is 3.08. The Labute approximate surface area is 125 Å². The lowest BCUT2D eigenvalue weighted by Crippen LogP contribution is -2.35. The molecule has 1 unspecified atom stereocenters. The largest absolute Gasteiger partial charge is 0.383 e. The van der Waals surface area contributed by atoms with Crippen molar-refractivity contribution in [2.75, 3.05) is 13.7 Å². The van der Waals surface area contributed by atoms with Crippen molar-refractivity contribution in [1.29, 1.82) is 0 Å². The van der Waals surface area contributed by atoms with Crippen molar-refractivity contribution in [3.63, 3.8) is 0 Å². The van der Waals surface area contributed by atoms with Gasteiger partial charge in [0.25, 0.3) is 5.91 Å². The predicted octanol–water partition coefficient (Wildman–Crippen LogP) is 1.14. The Morgan fingerprint density at radius 3 is 2.52 bits per heavy atom. The van der Waals surface area contributed by atoms with Gasteiger partial charge in [-0.1, -0.05) is 6.07 Å². The van der Waals surface area contributed by atoms with Crippen LogP contribution in [0.15, 0.2) is 29.2 Å². The highest BCUT2D eigenvalue weighted by Crippen LogP contribution is 2.12. The summed E-state index contributed by atoms with van der Waals surface area (Å²) in [5.41, 5.74) is 0.296. The lowest BCUT2D eigenvalue weighted by atomic mass is 10.2. The molecular weight excluding hydrogens is 292 g/mol. The van der Waals surface area contributed by atoms with E-state index in [1.807, 2.05) is 6.92 Å². The van der Waals surface area contributed by atoms with E-state index in [1.165, 1.54) is 12.1 Å². The number of hydrogen-bond donors (Lipinski definition) is 2. The van der Waals surface area contributed by atoms with Gasteiger partial charge in [0.15, 0.2) is 0 Å². The summed E-state index contributed by atoms with van der Waals surface area (Å²) in [6.45, 7) is 5.67. The molecule has 7 heteroatoms. The highest BCUT2D eigenvalue weighted by molar-refractivity contribution is 7.89. The van der Waals surface area contributed by atoms with Crippen LogP contribution in [0, 0.1) is 0 Å². The Balaban J connectivity index is 2.93. The molecule has 6 nitrogen and oxygen atoms in total. The number of rotatable bonds is 7. The van der Waals surface area contributed by atoms with Crippen molar-refractivity contribution in [2.45, 2.75) is 37.8 Å². The third kappa shape index (κ3) is 5.45. The van der Waals surface area contributed by atoms with Crippen molar-refractivity contribution >= 4 is 15.9 Å². The smallest absolute Gasteiger partial charge is 0.251 e. The van der Waals surface area contributed by atoms with E-state index < -0.39 is 10.0 Å². The summed E-state index contributed by atoms with van der Waals surface area (Å²) in [4.78, 5) is 12.1. The van der Waals surface area contributed by atoms with Gasteiger partial charge in [0.1, 0.15) is 0 Å². The molecule has 1 atom stereocenters. The first-order valence-electron chi connectivity index (χ1n) is 6.68. The molecular formula is C14H22N2O4S. The van der Waals surface area contributed by atoms with Gasteiger partial charge in [0.2, 0.25) is 10.0 Å². The maximum absolute atomic E-state index is 12.1. The van der Waals surface area contributed by atoms with Crippen LogP contribution in [0.2, 0.25) is 0 Å². The summed E-state index contributed by atoms with van der Waals surface area (Å²) in [6.07, 6.45) is 0. The molecule has 0 saturated heterocycles. The van der Waals surface area contributed by atoms with Crippen molar-refractivity contribution in [3.05, 3.63) is 29.8 Å². The van der Waals surface area contributed by atoms with Gasteiger partial charge in [-0.2, -0.15) is 0 Å². The van der Waals surface area contributed by atoms with Gasteiger partial charge in [-0.05, 0) is 39.0 Å². The Hall–Kier alpha value is -1.44. The molecule has 0 radical (unpaired) electrons. The Bertz CT molecular complexity index is 584. The molecule has 0 saturated carbocycles. The summed E-state index contributed by atoms with van der Waals surface area (Å²) in [7, 11) is -2.06. The third-order valence-corrected chi connectivity index (χ3v) is 4.25. The van der Waals surface area contributed by atoms with E-state index in [2.05, 4.69) is 10.0 Å². The number of amides is 1. The van der Waals surface area contributed by atoms with E-state index in [9.17, 15) is 13.2 Å². The summed E-state index contributed by atoms with van der Waals surface area (Å²) in [6, 6.07) is 5.57.